The molecule has 8 heteroatoms. The van der Waals surface area contributed by atoms with Crippen molar-refractivity contribution in [3.8, 4) is 5.75 Å². The average Bonchev–Trinajstić information content (AvgIpc) is 2.46. The van der Waals surface area contributed by atoms with Gasteiger partial charge < -0.3 is 9.64 Å². The van der Waals surface area contributed by atoms with Gasteiger partial charge in [-0.2, -0.15) is 0 Å². The Bertz CT molecular complexity index is 825. The molecule has 0 fully saturated rings. The second-order valence-corrected chi connectivity index (χ2v) is 7.90. The van der Waals surface area contributed by atoms with E-state index in [1.165, 1.54) is 13.2 Å². The Morgan fingerprint density at radius 3 is 2.52 bits per heavy atom. The van der Waals surface area contributed by atoms with Crippen molar-refractivity contribution in [2.24, 2.45) is 0 Å². The number of halogens is 2. The van der Waals surface area contributed by atoms with Gasteiger partial charge in [-0.05, 0) is 30.3 Å². The first kappa shape index (κ1) is 17.9. The van der Waals surface area contributed by atoms with Crippen molar-refractivity contribution < 1.29 is 13.2 Å². The highest BCUT2D eigenvalue weighted by Gasteiger charge is 2.22. The van der Waals surface area contributed by atoms with Crippen LogP contribution in [0.2, 0.25) is 5.02 Å². The highest BCUT2D eigenvalue weighted by atomic mass is 79.9. The summed E-state index contributed by atoms with van der Waals surface area (Å²) in [4.78, 5) is 1.79. The highest BCUT2D eigenvalue weighted by molar-refractivity contribution is 9.10. The van der Waals surface area contributed by atoms with Crippen LogP contribution in [0.1, 0.15) is 0 Å². The van der Waals surface area contributed by atoms with Gasteiger partial charge in [0.15, 0.2) is 0 Å². The third kappa shape index (κ3) is 3.91. The molecule has 23 heavy (non-hydrogen) atoms. The van der Waals surface area contributed by atoms with Crippen LogP contribution < -0.4 is 14.4 Å². The van der Waals surface area contributed by atoms with Gasteiger partial charge in [0, 0.05) is 18.6 Å². The molecule has 0 aromatic heterocycles. The monoisotopic (exact) mass is 418 g/mol. The number of hydrogen-bond donors (Lipinski definition) is 1. The van der Waals surface area contributed by atoms with Crippen molar-refractivity contribution in [1.82, 2.24) is 0 Å². The van der Waals surface area contributed by atoms with Crippen LogP contribution in [0.25, 0.3) is 0 Å². The van der Waals surface area contributed by atoms with E-state index in [1.807, 2.05) is 0 Å². The molecule has 0 saturated heterocycles. The van der Waals surface area contributed by atoms with Crippen LogP contribution in [0, 0.1) is 0 Å². The predicted molar refractivity (Wildman–Crippen MR) is 97.3 cm³/mol. The summed E-state index contributed by atoms with van der Waals surface area (Å²) < 4.78 is 33.9. The summed E-state index contributed by atoms with van der Waals surface area (Å²) in [5.74, 6) is 0.258. The topological polar surface area (TPSA) is 58.6 Å². The molecule has 0 saturated carbocycles. The molecular formula is C15H16BrClN2O3S. The largest absolute Gasteiger partial charge is 0.495 e. The number of para-hydroxylation sites is 1. The summed E-state index contributed by atoms with van der Waals surface area (Å²) in [6, 6.07) is 9.83. The number of sulfonamides is 1. The summed E-state index contributed by atoms with van der Waals surface area (Å²) in [6.07, 6.45) is 0. The van der Waals surface area contributed by atoms with E-state index in [9.17, 15) is 8.42 Å². The van der Waals surface area contributed by atoms with Gasteiger partial charge >= 0.3 is 0 Å². The number of anilines is 2. The summed E-state index contributed by atoms with van der Waals surface area (Å²) >= 11 is 9.45. The Balaban J connectivity index is 2.52. The van der Waals surface area contributed by atoms with Gasteiger partial charge in [-0.3, -0.25) is 4.72 Å². The fraction of sp³-hybridized carbons (Fsp3) is 0.200. The van der Waals surface area contributed by atoms with Crippen LogP contribution >= 0.6 is 27.5 Å². The minimum Gasteiger partial charge on any atom is -0.495 e. The zero-order valence-electron chi connectivity index (χ0n) is 12.8. The fourth-order valence-corrected chi connectivity index (χ4v) is 4.23. The third-order valence-corrected chi connectivity index (χ3v) is 5.28. The van der Waals surface area contributed by atoms with Crippen molar-refractivity contribution in [3.05, 3.63) is 45.9 Å². The first-order valence-electron chi connectivity index (χ1n) is 6.58. The molecule has 124 valence electrons. The van der Waals surface area contributed by atoms with Gasteiger partial charge in [-0.15, -0.1) is 0 Å². The Hall–Kier alpha value is -1.44. The normalized spacial score (nSPS) is 11.2. The van der Waals surface area contributed by atoms with Gasteiger partial charge in [-0.1, -0.05) is 33.6 Å². The number of benzene rings is 2. The molecule has 0 aliphatic rings. The number of nitrogens with zero attached hydrogens (tertiary/aromatic N) is 1. The summed E-state index contributed by atoms with van der Waals surface area (Å²) in [5, 5.41) is 0.455. The maximum atomic E-state index is 12.7. The van der Waals surface area contributed by atoms with Gasteiger partial charge in [0.1, 0.15) is 10.6 Å². The van der Waals surface area contributed by atoms with Crippen LogP contribution in [0.4, 0.5) is 11.4 Å². The van der Waals surface area contributed by atoms with Crippen molar-refractivity contribution in [3.63, 3.8) is 0 Å². The number of rotatable bonds is 5. The van der Waals surface area contributed by atoms with E-state index >= 15 is 0 Å². The number of hydrogen-bond acceptors (Lipinski definition) is 4. The SMILES string of the molecule is COc1ccc(Br)cc1S(=O)(=O)Nc1cccc(Cl)c1N(C)C. The zero-order valence-corrected chi connectivity index (χ0v) is 16.0. The lowest BCUT2D eigenvalue weighted by Crippen LogP contribution is -2.18. The van der Waals surface area contributed by atoms with Gasteiger partial charge in [-0.25, -0.2) is 8.42 Å². The summed E-state index contributed by atoms with van der Waals surface area (Å²) in [6.45, 7) is 0. The van der Waals surface area contributed by atoms with E-state index in [0.717, 1.165) is 0 Å². The molecule has 2 aromatic carbocycles. The molecule has 2 aromatic rings. The Morgan fingerprint density at radius 2 is 1.91 bits per heavy atom. The summed E-state index contributed by atoms with van der Waals surface area (Å²) in [5.41, 5.74) is 0.983. The molecule has 0 spiro atoms. The molecule has 0 amide bonds. The van der Waals surface area contributed by atoms with Crippen LogP contribution in [0.3, 0.4) is 0 Å². The Morgan fingerprint density at radius 1 is 1.22 bits per heavy atom. The van der Waals surface area contributed by atoms with Gasteiger partial charge in [0.05, 0.1) is 23.5 Å². The highest BCUT2D eigenvalue weighted by Crippen LogP contribution is 2.35. The lowest BCUT2D eigenvalue weighted by molar-refractivity contribution is 0.403. The first-order chi connectivity index (χ1) is 10.8. The van der Waals surface area contributed by atoms with Gasteiger partial charge in [0.2, 0.25) is 0 Å². The first-order valence-corrected chi connectivity index (χ1v) is 9.24. The van der Waals surface area contributed by atoms with Crippen molar-refractivity contribution >= 4 is 48.9 Å². The number of methoxy groups -OCH3 is 1. The average molecular weight is 420 g/mol. The molecule has 0 atom stereocenters. The minimum atomic E-state index is -3.84. The molecule has 2 rings (SSSR count). The van der Waals surface area contributed by atoms with Crippen molar-refractivity contribution in [1.29, 1.82) is 0 Å². The van der Waals surface area contributed by atoms with E-state index in [-0.39, 0.29) is 10.6 Å². The molecule has 0 bridgehead atoms. The molecule has 5 nitrogen and oxygen atoms in total. The second kappa shape index (κ2) is 6.98. The van der Waals surface area contributed by atoms with E-state index in [2.05, 4.69) is 20.7 Å². The second-order valence-electron chi connectivity index (χ2n) is 4.93. The third-order valence-electron chi connectivity index (χ3n) is 3.09. The lowest BCUT2D eigenvalue weighted by atomic mass is 10.2. The molecule has 0 radical (unpaired) electrons. The molecule has 0 aliphatic heterocycles. The van der Waals surface area contributed by atoms with Crippen LogP contribution in [-0.4, -0.2) is 29.6 Å². The molecule has 0 aliphatic carbocycles. The smallest absolute Gasteiger partial charge is 0.265 e. The predicted octanol–water partition coefficient (Wildman–Crippen LogP) is 3.98. The van der Waals surface area contributed by atoms with Crippen LogP contribution in [0.5, 0.6) is 5.75 Å². The van der Waals surface area contributed by atoms with E-state index < -0.39 is 10.0 Å². The maximum absolute atomic E-state index is 12.7. The van der Waals surface area contributed by atoms with Crippen molar-refractivity contribution in [2.45, 2.75) is 4.90 Å². The van der Waals surface area contributed by atoms with Gasteiger partial charge in [0.25, 0.3) is 10.0 Å². The van der Waals surface area contributed by atoms with Crippen molar-refractivity contribution in [2.75, 3.05) is 30.8 Å². The Labute approximate surface area is 149 Å². The fourth-order valence-electron chi connectivity index (χ4n) is 2.11. The van der Waals surface area contributed by atoms with E-state index in [1.54, 1.807) is 49.3 Å². The van der Waals surface area contributed by atoms with E-state index in [0.29, 0.717) is 20.9 Å². The van der Waals surface area contributed by atoms with Crippen LogP contribution in [-0.2, 0) is 10.0 Å². The quantitative estimate of drug-likeness (QED) is 0.796. The zero-order chi connectivity index (χ0) is 17.2. The molecule has 0 heterocycles. The maximum Gasteiger partial charge on any atom is 0.265 e. The molecule has 0 unspecified atom stereocenters. The lowest BCUT2D eigenvalue weighted by Gasteiger charge is -2.20. The number of nitrogens with one attached hydrogen (secondary N) is 1. The van der Waals surface area contributed by atoms with Crippen LogP contribution in [0.15, 0.2) is 45.8 Å². The molecular weight excluding hydrogens is 404 g/mol. The number of ether oxygens (including phenoxy) is 1. The minimum absolute atomic E-state index is 0.0408. The Kier molecular flexibility index (Phi) is 5.44. The summed E-state index contributed by atoms with van der Waals surface area (Å²) in [7, 11) is 1.16. The van der Waals surface area contributed by atoms with E-state index in [4.69, 9.17) is 16.3 Å². The standard InChI is InChI=1S/C15H16BrClN2O3S/c1-19(2)15-11(17)5-4-6-12(15)18-23(20,21)14-9-10(16)7-8-13(14)22-3/h4-9,18H,1-3H3. The molecule has 1 N–H and O–H groups in total.